The first-order chi connectivity index (χ1) is 18.2. The molecule has 12 heteroatoms. The van der Waals surface area contributed by atoms with Crippen molar-refractivity contribution in [3.8, 4) is 10.4 Å². The van der Waals surface area contributed by atoms with Gasteiger partial charge in [-0.15, -0.1) is 21.5 Å². The quantitative estimate of drug-likeness (QED) is 0.215. The second-order valence-electron chi connectivity index (χ2n) is 8.31. The number of carbonyl (C=O) groups excluding carboxylic acids is 2. The largest absolute Gasteiger partial charge is 0.462 e. The minimum absolute atomic E-state index is 0.0163. The zero-order chi connectivity index (χ0) is 27.3. The number of ether oxygens (including phenoxy) is 1. The van der Waals surface area contributed by atoms with Crippen molar-refractivity contribution in [2.24, 2.45) is 7.05 Å². The number of rotatable bonds is 10. The molecule has 0 spiro atoms. The Morgan fingerprint density at radius 2 is 1.79 bits per heavy atom. The van der Waals surface area contributed by atoms with Gasteiger partial charge in [0, 0.05) is 11.9 Å². The van der Waals surface area contributed by atoms with Crippen molar-refractivity contribution < 1.29 is 22.7 Å². The Bertz CT molecular complexity index is 1550. The number of anilines is 1. The first kappa shape index (κ1) is 27.6. The van der Waals surface area contributed by atoms with Crippen LogP contribution in [0.5, 0.6) is 0 Å². The van der Waals surface area contributed by atoms with Gasteiger partial charge < -0.3 is 14.6 Å². The van der Waals surface area contributed by atoms with E-state index in [1.54, 1.807) is 48.9 Å². The van der Waals surface area contributed by atoms with Gasteiger partial charge in [-0.05, 0) is 37.6 Å². The summed E-state index contributed by atoms with van der Waals surface area (Å²) in [5, 5.41) is 11.7. The van der Waals surface area contributed by atoms with Gasteiger partial charge in [-0.2, -0.15) is 0 Å². The van der Waals surface area contributed by atoms with Crippen molar-refractivity contribution in [2.75, 3.05) is 17.7 Å². The highest BCUT2D eigenvalue weighted by atomic mass is 32.2. The predicted octanol–water partition coefficient (Wildman–Crippen LogP) is 4.73. The summed E-state index contributed by atoms with van der Waals surface area (Å²) in [5.41, 5.74) is 2.18. The van der Waals surface area contributed by atoms with E-state index in [1.165, 1.54) is 11.3 Å². The Morgan fingerprint density at radius 3 is 2.47 bits per heavy atom. The molecule has 0 atom stereocenters. The van der Waals surface area contributed by atoms with Crippen LogP contribution in [-0.2, 0) is 32.2 Å². The van der Waals surface area contributed by atoms with Crippen molar-refractivity contribution >= 4 is 49.8 Å². The molecule has 0 saturated heterocycles. The van der Waals surface area contributed by atoms with E-state index >= 15 is 0 Å². The number of hydrogen-bond donors (Lipinski definition) is 1. The number of esters is 1. The first-order valence-corrected chi connectivity index (χ1v) is 15.1. The van der Waals surface area contributed by atoms with Gasteiger partial charge >= 0.3 is 5.97 Å². The van der Waals surface area contributed by atoms with Crippen molar-refractivity contribution in [1.82, 2.24) is 14.8 Å². The normalized spacial score (nSPS) is 11.3. The maximum Gasteiger partial charge on any atom is 0.341 e. The topological polar surface area (TPSA) is 120 Å². The number of amides is 1. The summed E-state index contributed by atoms with van der Waals surface area (Å²) in [6.07, 6.45) is 0. The van der Waals surface area contributed by atoms with Crippen molar-refractivity contribution in [3.05, 3.63) is 77.6 Å². The number of thioether (sulfide) groups is 1. The van der Waals surface area contributed by atoms with Gasteiger partial charge in [-0.25, -0.2) is 13.2 Å². The van der Waals surface area contributed by atoms with Crippen molar-refractivity contribution in [1.29, 1.82) is 0 Å². The second-order valence-corrected chi connectivity index (χ2v) is 12.3. The fourth-order valence-corrected chi connectivity index (χ4v) is 6.58. The molecule has 4 aromatic rings. The maximum absolute atomic E-state index is 12.8. The van der Waals surface area contributed by atoms with Crippen LogP contribution in [0.1, 0.15) is 28.7 Å². The van der Waals surface area contributed by atoms with Crippen LogP contribution in [0.4, 0.5) is 5.00 Å². The number of thiophene rings is 1. The zero-order valence-electron chi connectivity index (χ0n) is 21.0. The number of nitrogens with one attached hydrogen (secondary N) is 1. The van der Waals surface area contributed by atoms with E-state index in [1.807, 2.05) is 37.3 Å². The number of aromatic nitrogens is 3. The lowest BCUT2D eigenvalue weighted by atomic mass is 10.1. The third-order valence-corrected chi connectivity index (χ3v) is 9.24. The molecular weight excluding hydrogens is 545 g/mol. The smallest absolute Gasteiger partial charge is 0.341 e. The molecule has 0 aliphatic carbocycles. The van der Waals surface area contributed by atoms with Crippen LogP contribution in [0, 0.1) is 6.92 Å². The lowest BCUT2D eigenvalue weighted by Gasteiger charge is -2.07. The molecule has 4 rings (SSSR count). The fraction of sp³-hybridized carbons (Fsp3) is 0.231. The molecule has 198 valence electrons. The van der Waals surface area contributed by atoms with Crippen LogP contribution in [0.25, 0.3) is 10.4 Å². The van der Waals surface area contributed by atoms with Crippen molar-refractivity contribution in [2.45, 2.75) is 29.7 Å². The molecule has 9 nitrogen and oxygen atoms in total. The SMILES string of the molecule is CCOC(=O)c1cc(-c2ccccc2)sc1NC(=O)CSc1nnc(CS(=O)(=O)c2ccc(C)cc2)n1C. The molecule has 0 aliphatic rings. The number of nitrogens with zero attached hydrogens (tertiary/aromatic N) is 3. The summed E-state index contributed by atoms with van der Waals surface area (Å²) < 4.78 is 32.3. The minimum Gasteiger partial charge on any atom is -0.462 e. The maximum atomic E-state index is 12.8. The Hall–Kier alpha value is -3.48. The highest BCUT2D eigenvalue weighted by Gasteiger charge is 2.22. The lowest BCUT2D eigenvalue weighted by molar-refractivity contribution is -0.113. The number of hydrogen-bond acceptors (Lipinski definition) is 9. The van der Waals surface area contributed by atoms with Crippen LogP contribution in [0.2, 0.25) is 0 Å². The van der Waals surface area contributed by atoms with Gasteiger partial charge in [0.1, 0.15) is 16.6 Å². The van der Waals surface area contributed by atoms with E-state index in [0.717, 1.165) is 27.8 Å². The van der Waals surface area contributed by atoms with Gasteiger partial charge in [0.25, 0.3) is 0 Å². The van der Waals surface area contributed by atoms with E-state index in [9.17, 15) is 18.0 Å². The standard InChI is InChI=1S/C26H26N4O5S3/c1-4-35-25(32)20-14-21(18-8-6-5-7-9-18)37-24(20)27-23(31)15-36-26-29-28-22(30(26)3)16-38(33,34)19-12-10-17(2)11-13-19/h5-14H,4,15-16H2,1-3H3,(H,27,31). The molecule has 2 aromatic heterocycles. The average Bonchev–Trinajstić information content (AvgIpc) is 3.47. The van der Waals surface area contributed by atoms with Gasteiger partial charge in [-0.1, -0.05) is 59.8 Å². The molecule has 0 unspecified atom stereocenters. The summed E-state index contributed by atoms with van der Waals surface area (Å²) in [6, 6.07) is 17.9. The molecule has 38 heavy (non-hydrogen) atoms. The fourth-order valence-electron chi connectivity index (χ4n) is 3.48. The van der Waals surface area contributed by atoms with E-state index in [0.29, 0.717) is 10.2 Å². The number of carbonyl (C=O) groups is 2. The molecule has 0 fully saturated rings. The first-order valence-electron chi connectivity index (χ1n) is 11.6. The molecule has 0 bridgehead atoms. The van der Waals surface area contributed by atoms with E-state index in [-0.39, 0.29) is 40.3 Å². The molecule has 0 radical (unpaired) electrons. The van der Waals surface area contributed by atoms with E-state index in [2.05, 4.69) is 15.5 Å². The number of aryl methyl sites for hydroxylation is 1. The third kappa shape index (κ3) is 6.50. The van der Waals surface area contributed by atoms with Gasteiger partial charge in [0.15, 0.2) is 15.0 Å². The molecule has 0 aliphatic heterocycles. The van der Waals surface area contributed by atoms with Crippen LogP contribution in [-0.4, -0.2) is 47.4 Å². The Morgan fingerprint density at radius 1 is 1.08 bits per heavy atom. The van der Waals surface area contributed by atoms with Crippen LogP contribution in [0.3, 0.4) is 0 Å². The summed E-state index contributed by atoms with van der Waals surface area (Å²) in [5.74, 6) is -0.922. The van der Waals surface area contributed by atoms with Crippen LogP contribution in [0.15, 0.2) is 70.7 Å². The second kappa shape index (κ2) is 11.9. The monoisotopic (exact) mass is 570 g/mol. The molecule has 1 N–H and O–H groups in total. The minimum atomic E-state index is -3.60. The molecule has 1 amide bonds. The average molecular weight is 571 g/mol. The third-order valence-electron chi connectivity index (χ3n) is 5.50. The van der Waals surface area contributed by atoms with Crippen LogP contribution >= 0.6 is 23.1 Å². The summed E-state index contributed by atoms with van der Waals surface area (Å²) in [6.45, 7) is 3.82. The number of benzene rings is 2. The zero-order valence-corrected chi connectivity index (χ0v) is 23.5. The van der Waals surface area contributed by atoms with Gasteiger partial charge in [0.2, 0.25) is 5.91 Å². The molecule has 0 saturated carbocycles. The Kier molecular flexibility index (Phi) is 8.65. The lowest BCUT2D eigenvalue weighted by Crippen LogP contribution is -2.16. The summed E-state index contributed by atoms with van der Waals surface area (Å²) in [4.78, 5) is 26.3. The molecule has 2 heterocycles. The molecule has 2 aromatic carbocycles. The molecular formula is C26H26N4O5S3. The number of sulfone groups is 1. The Labute approximate surface area is 229 Å². The van der Waals surface area contributed by atoms with Crippen LogP contribution < -0.4 is 5.32 Å². The predicted molar refractivity (Wildman–Crippen MR) is 148 cm³/mol. The highest BCUT2D eigenvalue weighted by Crippen LogP contribution is 2.36. The van der Waals surface area contributed by atoms with Gasteiger partial charge in [-0.3, -0.25) is 4.79 Å². The highest BCUT2D eigenvalue weighted by molar-refractivity contribution is 7.99. The summed E-state index contributed by atoms with van der Waals surface area (Å²) in [7, 11) is -1.95. The Balaban J connectivity index is 1.44. The van der Waals surface area contributed by atoms with E-state index < -0.39 is 15.8 Å². The van der Waals surface area contributed by atoms with E-state index in [4.69, 9.17) is 4.74 Å². The van der Waals surface area contributed by atoms with Crippen molar-refractivity contribution in [3.63, 3.8) is 0 Å². The summed E-state index contributed by atoms with van der Waals surface area (Å²) >= 11 is 2.40. The van der Waals surface area contributed by atoms with Gasteiger partial charge in [0.05, 0.1) is 22.8 Å².